The summed E-state index contributed by atoms with van der Waals surface area (Å²) < 4.78 is 10.2. The summed E-state index contributed by atoms with van der Waals surface area (Å²) in [6.07, 6.45) is 0. The highest BCUT2D eigenvalue weighted by molar-refractivity contribution is 6.26. The number of carbonyl (C=O) groups excluding carboxylic acids is 3. The van der Waals surface area contributed by atoms with Crippen molar-refractivity contribution in [1.82, 2.24) is 4.90 Å². The van der Waals surface area contributed by atoms with E-state index >= 15 is 0 Å². The summed E-state index contributed by atoms with van der Waals surface area (Å²) in [6, 6.07) is 16.1. The zero-order valence-electron chi connectivity index (χ0n) is 17.7. The summed E-state index contributed by atoms with van der Waals surface area (Å²) in [5, 5.41) is 1.62. The maximum Gasteiger partial charge on any atom is 0.337 e. The van der Waals surface area contributed by atoms with E-state index in [0.29, 0.717) is 35.3 Å². The summed E-state index contributed by atoms with van der Waals surface area (Å²) in [4.78, 5) is 41.8. The Bertz CT molecular complexity index is 1210. The number of hydrogen-bond donors (Lipinski definition) is 0. The Labute approximate surface area is 185 Å². The summed E-state index contributed by atoms with van der Waals surface area (Å²) in [6.45, 7) is 2.98. The van der Waals surface area contributed by atoms with Crippen LogP contribution in [0.15, 0.2) is 54.6 Å². The van der Waals surface area contributed by atoms with Crippen molar-refractivity contribution in [3.63, 3.8) is 0 Å². The molecule has 5 rings (SSSR count). The van der Waals surface area contributed by atoms with Gasteiger partial charge in [-0.1, -0.05) is 24.3 Å². The van der Waals surface area contributed by atoms with Crippen LogP contribution in [-0.2, 0) is 16.0 Å². The lowest BCUT2D eigenvalue weighted by molar-refractivity contribution is 0.0585. The van der Waals surface area contributed by atoms with E-state index < -0.39 is 5.97 Å². The maximum atomic E-state index is 13.3. The lowest BCUT2D eigenvalue weighted by atomic mass is 9.92. The lowest BCUT2D eigenvalue weighted by Crippen LogP contribution is -2.40. The average Bonchev–Trinajstić information content (AvgIpc) is 2.85. The Hall–Kier alpha value is -3.71. The molecular weight excluding hydrogens is 408 g/mol. The van der Waals surface area contributed by atoms with Crippen molar-refractivity contribution in [3.05, 3.63) is 76.9 Å². The van der Waals surface area contributed by atoms with Crippen molar-refractivity contribution < 1.29 is 23.9 Å². The maximum absolute atomic E-state index is 13.3. The van der Waals surface area contributed by atoms with Crippen molar-refractivity contribution in [2.45, 2.75) is 6.54 Å². The first-order chi connectivity index (χ1) is 15.6. The number of benzene rings is 3. The Morgan fingerprint density at radius 2 is 1.62 bits per heavy atom. The lowest BCUT2D eigenvalue weighted by Gasteiger charge is -2.32. The fourth-order valence-electron chi connectivity index (χ4n) is 4.40. The zero-order chi connectivity index (χ0) is 22.2. The number of esters is 1. The minimum Gasteiger partial charge on any atom is -0.465 e. The number of amides is 2. The van der Waals surface area contributed by atoms with Crippen LogP contribution in [-0.4, -0.2) is 56.1 Å². The Kier molecular flexibility index (Phi) is 5.11. The number of ether oxygens (including phenoxy) is 2. The van der Waals surface area contributed by atoms with Gasteiger partial charge in [0, 0.05) is 40.7 Å². The van der Waals surface area contributed by atoms with Gasteiger partial charge in [-0.2, -0.15) is 0 Å². The highest BCUT2D eigenvalue weighted by atomic mass is 16.5. The second kappa shape index (κ2) is 8.09. The molecule has 2 heterocycles. The molecule has 3 aromatic rings. The second-order valence-electron chi connectivity index (χ2n) is 7.84. The fraction of sp³-hybridized carbons (Fsp3) is 0.240. The van der Waals surface area contributed by atoms with E-state index in [0.717, 1.165) is 29.7 Å². The average molecular weight is 430 g/mol. The van der Waals surface area contributed by atoms with Gasteiger partial charge in [-0.3, -0.25) is 14.5 Å². The number of nitrogens with zero attached hydrogens (tertiary/aromatic N) is 2. The predicted molar refractivity (Wildman–Crippen MR) is 119 cm³/mol. The molecule has 0 saturated carbocycles. The van der Waals surface area contributed by atoms with E-state index in [1.54, 1.807) is 30.3 Å². The van der Waals surface area contributed by atoms with Crippen molar-refractivity contribution >= 4 is 34.2 Å². The SMILES string of the molecule is COC(=O)c1ccc(CN2C(=O)c3cccc4c(N5CCOCC5)ccc(c34)C2=O)cc1. The van der Waals surface area contributed by atoms with Crippen LogP contribution < -0.4 is 4.90 Å². The third-order valence-corrected chi connectivity index (χ3v) is 6.04. The molecule has 0 N–H and O–H groups in total. The summed E-state index contributed by atoms with van der Waals surface area (Å²) in [7, 11) is 1.32. The smallest absolute Gasteiger partial charge is 0.337 e. The molecule has 1 saturated heterocycles. The first-order valence-corrected chi connectivity index (χ1v) is 10.5. The first kappa shape index (κ1) is 20.2. The Morgan fingerprint density at radius 1 is 0.938 bits per heavy atom. The highest BCUT2D eigenvalue weighted by Crippen LogP contribution is 2.36. The second-order valence-corrected chi connectivity index (χ2v) is 7.84. The number of carbonyl (C=O) groups is 3. The molecule has 0 bridgehead atoms. The van der Waals surface area contributed by atoms with E-state index in [1.165, 1.54) is 12.0 Å². The van der Waals surface area contributed by atoms with E-state index in [9.17, 15) is 14.4 Å². The van der Waals surface area contributed by atoms with Crippen molar-refractivity contribution in [3.8, 4) is 0 Å². The first-order valence-electron chi connectivity index (χ1n) is 10.5. The van der Waals surface area contributed by atoms with Crippen molar-refractivity contribution in [2.75, 3.05) is 38.3 Å². The molecule has 1 fully saturated rings. The molecule has 0 aliphatic carbocycles. The molecule has 7 nitrogen and oxygen atoms in total. The molecule has 0 atom stereocenters. The molecule has 2 amide bonds. The number of imide groups is 1. The van der Waals surface area contributed by atoms with Crippen LogP contribution in [0.1, 0.15) is 36.6 Å². The van der Waals surface area contributed by atoms with Gasteiger partial charge in [-0.15, -0.1) is 0 Å². The number of methoxy groups -OCH3 is 1. The number of morpholine rings is 1. The van der Waals surface area contributed by atoms with Gasteiger partial charge >= 0.3 is 5.97 Å². The molecule has 32 heavy (non-hydrogen) atoms. The van der Waals surface area contributed by atoms with Gasteiger partial charge in [0.2, 0.25) is 0 Å². The normalized spacial score (nSPS) is 15.9. The van der Waals surface area contributed by atoms with Crippen LogP contribution in [0, 0.1) is 0 Å². The van der Waals surface area contributed by atoms with Gasteiger partial charge in [0.1, 0.15) is 0 Å². The molecule has 2 aliphatic heterocycles. The van der Waals surface area contributed by atoms with Gasteiger partial charge < -0.3 is 14.4 Å². The number of hydrogen-bond acceptors (Lipinski definition) is 6. The van der Waals surface area contributed by atoms with Crippen LogP contribution in [0.2, 0.25) is 0 Å². The minimum atomic E-state index is -0.432. The van der Waals surface area contributed by atoms with Crippen LogP contribution in [0.25, 0.3) is 10.8 Å². The number of rotatable bonds is 4. The number of anilines is 1. The minimum absolute atomic E-state index is 0.125. The molecule has 0 unspecified atom stereocenters. The topological polar surface area (TPSA) is 76.2 Å². The highest BCUT2D eigenvalue weighted by Gasteiger charge is 2.33. The standard InChI is InChI=1S/C25H22N2O5/c1-31-25(30)17-7-5-16(6-8-17)15-27-23(28)19-4-2-3-18-21(26-11-13-32-14-12-26)10-9-20(22(18)19)24(27)29/h2-10H,11-15H2,1H3. The molecular formula is C25H22N2O5. The van der Waals surface area contributed by atoms with E-state index in [-0.39, 0.29) is 18.4 Å². The van der Waals surface area contributed by atoms with Gasteiger partial charge in [0.25, 0.3) is 11.8 Å². The Morgan fingerprint density at radius 3 is 2.31 bits per heavy atom. The largest absolute Gasteiger partial charge is 0.465 e. The van der Waals surface area contributed by atoms with E-state index in [2.05, 4.69) is 4.90 Å². The van der Waals surface area contributed by atoms with Crippen LogP contribution >= 0.6 is 0 Å². The predicted octanol–water partition coefficient (Wildman–Crippen LogP) is 3.26. The van der Waals surface area contributed by atoms with Gasteiger partial charge in [0.05, 0.1) is 32.4 Å². The molecule has 162 valence electrons. The monoisotopic (exact) mass is 430 g/mol. The van der Waals surface area contributed by atoms with Gasteiger partial charge in [0.15, 0.2) is 0 Å². The van der Waals surface area contributed by atoms with Crippen molar-refractivity contribution in [2.24, 2.45) is 0 Å². The molecule has 2 aliphatic rings. The molecule has 0 radical (unpaired) electrons. The molecule has 3 aromatic carbocycles. The van der Waals surface area contributed by atoms with Gasteiger partial charge in [-0.25, -0.2) is 4.79 Å². The summed E-state index contributed by atoms with van der Waals surface area (Å²) in [5.74, 6) is -1.06. The third-order valence-electron chi connectivity index (χ3n) is 6.04. The summed E-state index contributed by atoms with van der Waals surface area (Å²) in [5.41, 5.74) is 3.23. The third kappa shape index (κ3) is 3.31. The molecule has 0 aromatic heterocycles. The fourth-order valence-corrected chi connectivity index (χ4v) is 4.40. The quantitative estimate of drug-likeness (QED) is 0.467. The van der Waals surface area contributed by atoms with E-state index in [4.69, 9.17) is 9.47 Å². The van der Waals surface area contributed by atoms with E-state index in [1.807, 2.05) is 24.3 Å². The zero-order valence-corrected chi connectivity index (χ0v) is 17.7. The van der Waals surface area contributed by atoms with Gasteiger partial charge in [-0.05, 0) is 35.9 Å². The summed E-state index contributed by atoms with van der Waals surface area (Å²) >= 11 is 0. The van der Waals surface area contributed by atoms with Crippen molar-refractivity contribution in [1.29, 1.82) is 0 Å². The molecule has 0 spiro atoms. The Balaban J connectivity index is 1.50. The van der Waals surface area contributed by atoms with Crippen LogP contribution in [0.4, 0.5) is 5.69 Å². The van der Waals surface area contributed by atoms with Crippen LogP contribution in [0.3, 0.4) is 0 Å². The van der Waals surface area contributed by atoms with Crippen LogP contribution in [0.5, 0.6) is 0 Å². The molecule has 7 heteroatoms.